The minimum Gasteiger partial charge on any atom is -0.489 e. The van der Waals surface area contributed by atoms with Crippen molar-refractivity contribution in [3.63, 3.8) is 0 Å². The van der Waals surface area contributed by atoms with Crippen molar-refractivity contribution in [2.75, 3.05) is 0 Å². The van der Waals surface area contributed by atoms with Gasteiger partial charge in [0.2, 0.25) is 0 Å². The van der Waals surface area contributed by atoms with E-state index >= 15 is 0 Å². The van der Waals surface area contributed by atoms with Crippen LogP contribution < -0.4 is 4.74 Å². The summed E-state index contributed by atoms with van der Waals surface area (Å²) in [7, 11) is 0. The smallest absolute Gasteiger partial charge is 0.185 e. The Labute approximate surface area is 169 Å². The molecular weight excluding hydrogens is 379 g/mol. The van der Waals surface area contributed by atoms with Gasteiger partial charge in [0.05, 0.1) is 10.0 Å². The number of allylic oxidation sites excluding steroid dienone is 1. The molecule has 27 heavy (non-hydrogen) atoms. The first-order valence-corrected chi connectivity index (χ1v) is 9.23. The maximum absolute atomic E-state index is 12.2. The van der Waals surface area contributed by atoms with Gasteiger partial charge in [0.15, 0.2) is 5.78 Å². The van der Waals surface area contributed by atoms with Gasteiger partial charge in [-0.2, -0.15) is 0 Å². The van der Waals surface area contributed by atoms with Gasteiger partial charge < -0.3 is 4.74 Å². The Bertz CT molecular complexity index is 959. The van der Waals surface area contributed by atoms with Gasteiger partial charge in [-0.25, -0.2) is 0 Å². The third-order valence-electron chi connectivity index (χ3n) is 4.03. The van der Waals surface area contributed by atoms with Crippen LogP contribution in [0.2, 0.25) is 10.0 Å². The van der Waals surface area contributed by atoms with Crippen LogP contribution in [0.1, 0.15) is 27.0 Å². The number of halogens is 2. The molecule has 0 bridgehead atoms. The minimum absolute atomic E-state index is 0.0186. The molecule has 0 aliphatic rings. The molecule has 0 atom stereocenters. The number of rotatable bonds is 6. The summed E-state index contributed by atoms with van der Waals surface area (Å²) in [6, 6.07) is 20.5. The standard InChI is InChI=1S/C23H18Cl2O2/c1-16-2-8-19(9-3-16)23(26)13-7-17-4-10-20(11-5-17)27-15-18-6-12-21(24)22(25)14-18/h2-14H,15H2,1H3. The van der Waals surface area contributed by atoms with Gasteiger partial charge in [-0.15, -0.1) is 0 Å². The normalized spacial score (nSPS) is 10.9. The Morgan fingerprint density at radius 2 is 1.63 bits per heavy atom. The third kappa shape index (κ3) is 5.46. The van der Waals surface area contributed by atoms with Crippen LogP contribution in [-0.2, 0) is 6.61 Å². The summed E-state index contributed by atoms with van der Waals surface area (Å²) >= 11 is 11.9. The average Bonchev–Trinajstić information content (AvgIpc) is 2.68. The molecule has 0 fully saturated rings. The highest BCUT2D eigenvalue weighted by atomic mass is 35.5. The number of aryl methyl sites for hydroxylation is 1. The highest BCUT2D eigenvalue weighted by Crippen LogP contribution is 2.23. The van der Waals surface area contributed by atoms with E-state index in [1.54, 1.807) is 24.3 Å². The largest absolute Gasteiger partial charge is 0.489 e. The monoisotopic (exact) mass is 396 g/mol. The topological polar surface area (TPSA) is 26.3 Å². The number of hydrogen-bond donors (Lipinski definition) is 0. The molecule has 136 valence electrons. The van der Waals surface area contributed by atoms with E-state index in [2.05, 4.69) is 0 Å². The molecular formula is C23H18Cl2O2. The molecule has 0 aromatic heterocycles. The van der Waals surface area contributed by atoms with Gasteiger partial charge >= 0.3 is 0 Å². The predicted molar refractivity (Wildman–Crippen MR) is 112 cm³/mol. The summed E-state index contributed by atoms with van der Waals surface area (Å²) < 4.78 is 5.76. The number of hydrogen-bond acceptors (Lipinski definition) is 2. The van der Waals surface area contributed by atoms with Crippen LogP contribution >= 0.6 is 23.2 Å². The molecule has 3 aromatic carbocycles. The number of benzene rings is 3. The highest BCUT2D eigenvalue weighted by molar-refractivity contribution is 6.42. The molecule has 3 rings (SSSR count). The van der Waals surface area contributed by atoms with Crippen molar-refractivity contribution in [2.45, 2.75) is 13.5 Å². The highest BCUT2D eigenvalue weighted by Gasteiger charge is 2.02. The first-order chi connectivity index (χ1) is 13.0. The van der Waals surface area contributed by atoms with Gasteiger partial charge in [-0.05, 0) is 48.4 Å². The minimum atomic E-state index is -0.0186. The molecule has 0 spiro atoms. The fourth-order valence-corrected chi connectivity index (χ4v) is 2.78. The Morgan fingerprint density at radius 1 is 0.926 bits per heavy atom. The quantitative estimate of drug-likeness (QED) is 0.339. The summed E-state index contributed by atoms with van der Waals surface area (Å²) in [6.07, 6.45) is 3.38. The van der Waals surface area contributed by atoms with E-state index < -0.39 is 0 Å². The summed E-state index contributed by atoms with van der Waals surface area (Å²) in [4.78, 5) is 12.2. The number of ether oxygens (including phenoxy) is 1. The number of carbonyl (C=O) groups excluding carboxylic acids is 1. The van der Waals surface area contributed by atoms with Crippen molar-refractivity contribution < 1.29 is 9.53 Å². The first-order valence-electron chi connectivity index (χ1n) is 8.47. The Morgan fingerprint density at radius 3 is 2.30 bits per heavy atom. The predicted octanol–water partition coefficient (Wildman–Crippen LogP) is 6.78. The van der Waals surface area contributed by atoms with Crippen molar-refractivity contribution in [3.8, 4) is 5.75 Å². The van der Waals surface area contributed by atoms with Gasteiger partial charge in [-0.1, -0.05) is 77.3 Å². The summed E-state index contributed by atoms with van der Waals surface area (Å²) in [5.41, 5.74) is 3.68. The Hall–Kier alpha value is -2.55. The fourth-order valence-electron chi connectivity index (χ4n) is 2.46. The van der Waals surface area contributed by atoms with E-state index in [-0.39, 0.29) is 5.78 Å². The Kier molecular flexibility index (Phi) is 6.33. The molecule has 0 aliphatic heterocycles. The molecule has 0 aliphatic carbocycles. The van der Waals surface area contributed by atoms with Gasteiger partial charge in [0.25, 0.3) is 0 Å². The molecule has 0 unspecified atom stereocenters. The summed E-state index contributed by atoms with van der Waals surface area (Å²) in [5, 5.41) is 1.04. The van der Waals surface area contributed by atoms with Crippen LogP contribution in [0.4, 0.5) is 0 Å². The van der Waals surface area contributed by atoms with Crippen molar-refractivity contribution in [2.24, 2.45) is 0 Å². The van der Waals surface area contributed by atoms with E-state index in [1.165, 1.54) is 0 Å². The lowest BCUT2D eigenvalue weighted by Gasteiger charge is -2.07. The van der Waals surface area contributed by atoms with Gasteiger partial charge in [0, 0.05) is 5.56 Å². The maximum Gasteiger partial charge on any atom is 0.185 e. The molecule has 0 radical (unpaired) electrons. The van der Waals surface area contributed by atoms with Crippen LogP contribution in [0.5, 0.6) is 5.75 Å². The van der Waals surface area contributed by atoms with Gasteiger partial charge in [0.1, 0.15) is 12.4 Å². The molecule has 0 saturated heterocycles. The lowest BCUT2D eigenvalue weighted by atomic mass is 10.1. The lowest BCUT2D eigenvalue weighted by molar-refractivity contribution is 0.104. The van der Waals surface area contributed by atoms with E-state index in [1.807, 2.05) is 61.5 Å². The summed E-state index contributed by atoms with van der Waals surface area (Å²) in [6.45, 7) is 2.40. The van der Waals surface area contributed by atoms with E-state index in [4.69, 9.17) is 27.9 Å². The van der Waals surface area contributed by atoms with Crippen molar-refractivity contribution >= 4 is 35.1 Å². The molecule has 0 N–H and O–H groups in total. The van der Waals surface area contributed by atoms with E-state index in [0.29, 0.717) is 22.2 Å². The second-order valence-corrected chi connectivity index (χ2v) is 6.98. The third-order valence-corrected chi connectivity index (χ3v) is 4.77. The number of carbonyl (C=O) groups is 1. The number of ketones is 1. The molecule has 3 aromatic rings. The molecule has 0 heterocycles. The van der Waals surface area contributed by atoms with Crippen LogP contribution in [0.25, 0.3) is 6.08 Å². The van der Waals surface area contributed by atoms with Crippen LogP contribution in [0.3, 0.4) is 0 Å². The zero-order chi connectivity index (χ0) is 19.2. The SMILES string of the molecule is Cc1ccc(C(=O)C=Cc2ccc(OCc3ccc(Cl)c(Cl)c3)cc2)cc1. The zero-order valence-corrected chi connectivity index (χ0v) is 16.3. The second-order valence-electron chi connectivity index (χ2n) is 6.17. The maximum atomic E-state index is 12.2. The fraction of sp³-hybridized carbons (Fsp3) is 0.0870. The van der Waals surface area contributed by atoms with Crippen molar-refractivity contribution in [1.29, 1.82) is 0 Å². The zero-order valence-electron chi connectivity index (χ0n) is 14.8. The lowest BCUT2D eigenvalue weighted by Crippen LogP contribution is -1.95. The summed E-state index contributed by atoms with van der Waals surface area (Å²) in [5.74, 6) is 0.720. The Balaban J connectivity index is 1.58. The molecule has 2 nitrogen and oxygen atoms in total. The molecule has 0 saturated carbocycles. The van der Waals surface area contributed by atoms with Crippen LogP contribution in [-0.4, -0.2) is 5.78 Å². The van der Waals surface area contributed by atoms with Crippen molar-refractivity contribution in [1.82, 2.24) is 0 Å². The van der Waals surface area contributed by atoms with E-state index in [9.17, 15) is 4.79 Å². The van der Waals surface area contributed by atoms with Gasteiger partial charge in [-0.3, -0.25) is 4.79 Å². The van der Waals surface area contributed by atoms with Crippen LogP contribution in [0, 0.1) is 6.92 Å². The second kappa shape index (κ2) is 8.90. The van der Waals surface area contributed by atoms with E-state index in [0.717, 1.165) is 22.4 Å². The molecule has 4 heteroatoms. The van der Waals surface area contributed by atoms with Crippen molar-refractivity contribution in [3.05, 3.63) is 105 Å². The average molecular weight is 397 g/mol. The first kappa shape index (κ1) is 19.2. The van der Waals surface area contributed by atoms with Crippen LogP contribution in [0.15, 0.2) is 72.8 Å². The molecule has 0 amide bonds.